The van der Waals surface area contributed by atoms with Gasteiger partial charge in [-0.25, -0.2) is 0 Å². The Morgan fingerprint density at radius 1 is 1.17 bits per heavy atom. The van der Waals surface area contributed by atoms with Crippen LogP contribution in [-0.2, 0) is 15.5 Å². The Morgan fingerprint density at radius 2 is 1.58 bits per heavy atom. The van der Waals surface area contributed by atoms with Crippen LogP contribution in [-0.4, -0.2) is 0 Å². The van der Waals surface area contributed by atoms with Crippen molar-refractivity contribution in [2.24, 2.45) is 0 Å². The van der Waals surface area contributed by atoms with Gasteiger partial charge in [-0.2, -0.15) is 0 Å². The summed E-state index contributed by atoms with van der Waals surface area (Å²) in [5.74, 6) is 0. The molecule has 12 heavy (non-hydrogen) atoms. The van der Waals surface area contributed by atoms with Gasteiger partial charge in [0.2, 0.25) is 0 Å². The number of rotatable bonds is 0. The average Bonchev–Trinajstić information content (AvgIpc) is 2.09. The van der Waals surface area contributed by atoms with Crippen molar-refractivity contribution < 1.29 is 15.5 Å². The Balaban J connectivity index is 0.000000217. The van der Waals surface area contributed by atoms with E-state index >= 15 is 0 Å². The van der Waals surface area contributed by atoms with E-state index in [9.17, 15) is 0 Å². The van der Waals surface area contributed by atoms with Crippen molar-refractivity contribution in [3.63, 3.8) is 0 Å². The van der Waals surface area contributed by atoms with Crippen molar-refractivity contribution in [2.75, 3.05) is 0 Å². The molecule has 0 atom stereocenters. The van der Waals surface area contributed by atoms with Gasteiger partial charge in [0.1, 0.15) is 0 Å². The van der Waals surface area contributed by atoms with Crippen molar-refractivity contribution >= 4 is 34.1 Å². The molecule has 0 fully saturated rings. The van der Waals surface area contributed by atoms with Crippen molar-refractivity contribution in [1.82, 2.24) is 0 Å². The molecule has 0 nitrogen and oxygen atoms in total. The summed E-state index contributed by atoms with van der Waals surface area (Å²) in [6.07, 6.45) is 5.64. The summed E-state index contributed by atoms with van der Waals surface area (Å²) in [6, 6.07) is 0. The van der Waals surface area contributed by atoms with Crippen LogP contribution in [0.15, 0.2) is 23.3 Å². The summed E-state index contributed by atoms with van der Waals surface area (Å²) >= 11 is -3.29. The fourth-order valence-electron chi connectivity index (χ4n) is 0.828. The van der Waals surface area contributed by atoms with Crippen molar-refractivity contribution in [3.05, 3.63) is 23.3 Å². The van der Waals surface area contributed by atoms with E-state index in [1.165, 1.54) is 17.6 Å². The monoisotopic (exact) mass is 324 g/mol. The van der Waals surface area contributed by atoms with Crippen molar-refractivity contribution in [3.8, 4) is 0 Å². The normalized spacial score (nSPS) is 16.2. The van der Waals surface area contributed by atoms with Gasteiger partial charge in [-0.1, -0.05) is 23.3 Å². The predicted octanol–water partition coefficient (Wildman–Crippen LogP) is 5.04. The second-order valence-corrected chi connectivity index (χ2v) is 25.0. The third kappa shape index (κ3) is 11.5. The molecule has 1 rings (SSSR count). The van der Waals surface area contributed by atoms with E-state index in [0.717, 1.165) is 0 Å². The maximum absolute atomic E-state index is 5.04. The van der Waals surface area contributed by atoms with E-state index in [2.05, 4.69) is 26.0 Å². The van der Waals surface area contributed by atoms with E-state index in [1.807, 2.05) is 0 Å². The van der Waals surface area contributed by atoms with Crippen LogP contribution in [0, 0.1) is 0 Å². The van der Waals surface area contributed by atoms with E-state index < -0.39 is 15.5 Å². The first-order valence-electron chi connectivity index (χ1n) is 3.38. The summed E-state index contributed by atoms with van der Waals surface area (Å²) in [5, 5.41) is 0. The number of allylic oxidation sites excluding steroid dienone is 4. The van der Waals surface area contributed by atoms with Crippen LogP contribution in [0.1, 0.15) is 20.3 Å². The Hall–Kier alpha value is 1.52. The summed E-state index contributed by atoms with van der Waals surface area (Å²) in [7, 11) is 20.1. The molecule has 0 aromatic carbocycles. The van der Waals surface area contributed by atoms with Gasteiger partial charge >= 0.3 is 49.5 Å². The molecule has 0 spiro atoms. The van der Waals surface area contributed by atoms with Crippen LogP contribution in [0.3, 0.4) is 0 Å². The zero-order valence-corrected chi connectivity index (χ0v) is 12.4. The number of halogens is 4. The van der Waals surface area contributed by atoms with Crippen LogP contribution in [0.25, 0.3) is 0 Å². The molecule has 0 unspecified atom stereocenters. The summed E-state index contributed by atoms with van der Waals surface area (Å²) in [6.45, 7) is 4.30. The quantitative estimate of drug-likeness (QED) is 0.585. The van der Waals surface area contributed by atoms with Gasteiger partial charge in [0.15, 0.2) is 0 Å². The summed E-state index contributed by atoms with van der Waals surface area (Å²) < 4.78 is 0. The third-order valence-electron chi connectivity index (χ3n) is 1.22. The Labute approximate surface area is 92.1 Å². The molecular formula is C7H10Cl4Zr. The van der Waals surface area contributed by atoms with E-state index in [4.69, 9.17) is 34.1 Å². The van der Waals surface area contributed by atoms with Crippen molar-refractivity contribution in [1.29, 1.82) is 0 Å². The Kier molecular flexibility index (Phi) is 6.86. The predicted molar refractivity (Wildman–Crippen MR) is 55.5 cm³/mol. The SMILES string of the molecule is CC1=CCC(C)=C1.[Cl][Zr]([Cl])([Cl])[Cl]. The minimum absolute atomic E-state index is 1.17. The molecule has 70 valence electrons. The molecule has 0 aromatic rings. The van der Waals surface area contributed by atoms with Crippen LogP contribution in [0.2, 0.25) is 0 Å². The summed E-state index contributed by atoms with van der Waals surface area (Å²) in [5.41, 5.74) is 2.90. The molecule has 0 saturated heterocycles. The number of hydrogen-bond acceptors (Lipinski definition) is 0. The van der Waals surface area contributed by atoms with Gasteiger partial charge < -0.3 is 0 Å². The molecule has 0 radical (unpaired) electrons. The molecule has 0 heterocycles. The van der Waals surface area contributed by atoms with Gasteiger partial charge in [-0.15, -0.1) is 0 Å². The molecule has 5 heteroatoms. The first-order chi connectivity index (χ1) is 5.29. The first kappa shape index (κ1) is 13.5. The zero-order chi connectivity index (χ0) is 9.78. The molecular weight excluding hydrogens is 317 g/mol. The molecule has 1 aliphatic rings. The molecule has 0 amide bonds. The summed E-state index contributed by atoms with van der Waals surface area (Å²) in [4.78, 5) is 0. The van der Waals surface area contributed by atoms with E-state index in [1.54, 1.807) is 0 Å². The van der Waals surface area contributed by atoms with Crippen molar-refractivity contribution in [2.45, 2.75) is 20.3 Å². The molecule has 0 aromatic heterocycles. The van der Waals surface area contributed by atoms with Crippen LogP contribution in [0.5, 0.6) is 0 Å². The molecule has 0 N–H and O–H groups in total. The molecule has 1 aliphatic carbocycles. The second kappa shape index (κ2) is 6.09. The first-order valence-corrected chi connectivity index (χ1v) is 16.0. The second-order valence-electron chi connectivity index (χ2n) is 2.57. The fourth-order valence-corrected chi connectivity index (χ4v) is 0.828. The van der Waals surface area contributed by atoms with Gasteiger partial charge in [0.25, 0.3) is 0 Å². The topological polar surface area (TPSA) is 0 Å². The van der Waals surface area contributed by atoms with Gasteiger partial charge in [0.05, 0.1) is 0 Å². The van der Waals surface area contributed by atoms with Gasteiger partial charge in [0, 0.05) is 0 Å². The third-order valence-corrected chi connectivity index (χ3v) is 1.22. The van der Waals surface area contributed by atoms with Gasteiger partial charge in [-0.3, -0.25) is 0 Å². The molecule has 0 bridgehead atoms. The zero-order valence-electron chi connectivity index (χ0n) is 6.87. The van der Waals surface area contributed by atoms with Crippen LogP contribution in [0.4, 0.5) is 0 Å². The fraction of sp³-hybridized carbons (Fsp3) is 0.429. The average molecular weight is 327 g/mol. The van der Waals surface area contributed by atoms with Crippen LogP contribution >= 0.6 is 34.1 Å². The minimum atomic E-state index is -3.29. The standard InChI is InChI=1S/C7H10.4ClH.Zr/c1-6-3-4-7(2)5-6;;;;;/h3,5H,4H2,1-2H3;4*1H;/q;;;;;+4/p-4. The molecule has 0 saturated carbocycles. The number of hydrogen-bond donors (Lipinski definition) is 0. The van der Waals surface area contributed by atoms with Crippen LogP contribution < -0.4 is 0 Å². The van der Waals surface area contributed by atoms with E-state index in [-0.39, 0.29) is 0 Å². The Morgan fingerprint density at radius 3 is 1.67 bits per heavy atom. The molecule has 0 aliphatic heterocycles. The van der Waals surface area contributed by atoms with E-state index in [0.29, 0.717) is 0 Å². The maximum atomic E-state index is 5.04. The van der Waals surface area contributed by atoms with Gasteiger partial charge in [-0.05, 0) is 20.3 Å². The Bertz CT molecular complexity index is 196.